The summed E-state index contributed by atoms with van der Waals surface area (Å²) in [5.74, 6) is -2.19. The Hall–Kier alpha value is -2.09. The van der Waals surface area contributed by atoms with Crippen LogP contribution in [0.25, 0.3) is 0 Å². The predicted molar refractivity (Wildman–Crippen MR) is 83.6 cm³/mol. The van der Waals surface area contributed by atoms with Crippen LogP contribution in [0.5, 0.6) is 0 Å². The van der Waals surface area contributed by atoms with E-state index in [1.54, 1.807) is 0 Å². The molecule has 0 aliphatic carbocycles. The van der Waals surface area contributed by atoms with Crippen LogP contribution in [0.2, 0.25) is 0 Å². The van der Waals surface area contributed by atoms with Gasteiger partial charge >= 0.3 is 6.18 Å². The second kappa shape index (κ2) is 6.67. The van der Waals surface area contributed by atoms with E-state index in [0.717, 1.165) is 18.2 Å². The molecule has 0 aromatic heterocycles. The maximum Gasteiger partial charge on any atom is 0.416 e. The highest BCUT2D eigenvalue weighted by Crippen LogP contribution is 2.40. The Morgan fingerprint density at radius 2 is 1.76 bits per heavy atom. The number of carbonyl (C=O) groups excluding carboxylic acids is 1. The highest BCUT2D eigenvalue weighted by molar-refractivity contribution is 8.00. The zero-order chi connectivity index (χ0) is 18.2. The van der Waals surface area contributed by atoms with Gasteiger partial charge in [0, 0.05) is 5.56 Å². The molecule has 8 heteroatoms. The molecule has 2 aromatic carbocycles. The summed E-state index contributed by atoms with van der Waals surface area (Å²) in [5.41, 5.74) is -0.262. The standard InChI is InChI=1S/C17H12F5NOS/c18-13-3-1-2-11(15(13)19)8-23-14(24)9-25-16(23)10-4-6-12(7-5-10)17(20,21)22/h1-7,16H,8-9H2. The molecule has 0 N–H and O–H groups in total. The number of halogens is 5. The molecule has 1 heterocycles. The molecular weight excluding hydrogens is 361 g/mol. The second-order valence-corrected chi connectivity index (χ2v) is 6.59. The van der Waals surface area contributed by atoms with E-state index >= 15 is 0 Å². The molecule has 1 fully saturated rings. The average Bonchev–Trinajstić information content (AvgIpc) is 2.92. The van der Waals surface area contributed by atoms with E-state index < -0.39 is 28.7 Å². The van der Waals surface area contributed by atoms with Crippen molar-refractivity contribution in [2.24, 2.45) is 0 Å². The fourth-order valence-corrected chi connectivity index (χ4v) is 3.78. The number of thioether (sulfide) groups is 1. The molecule has 0 spiro atoms. The van der Waals surface area contributed by atoms with Gasteiger partial charge in [-0.05, 0) is 23.8 Å². The van der Waals surface area contributed by atoms with Gasteiger partial charge in [-0.1, -0.05) is 24.3 Å². The third-order valence-corrected chi connectivity index (χ3v) is 5.12. The van der Waals surface area contributed by atoms with Gasteiger partial charge in [-0.2, -0.15) is 13.2 Å². The summed E-state index contributed by atoms with van der Waals surface area (Å²) >= 11 is 1.23. The van der Waals surface area contributed by atoms with Gasteiger partial charge in [0.2, 0.25) is 5.91 Å². The van der Waals surface area contributed by atoms with Gasteiger partial charge in [0.25, 0.3) is 0 Å². The minimum absolute atomic E-state index is 0.0211. The van der Waals surface area contributed by atoms with Crippen molar-refractivity contribution in [3.05, 3.63) is 70.8 Å². The van der Waals surface area contributed by atoms with Gasteiger partial charge in [0.05, 0.1) is 17.9 Å². The molecule has 0 bridgehead atoms. The molecule has 25 heavy (non-hydrogen) atoms. The first-order valence-corrected chi connectivity index (χ1v) is 8.33. The normalized spacial score (nSPS) is 18.0. The molecule has 1 aliphatic heterocycles. The SMILES string of the molecule is O=C1CSC(c2ccc(C(F)(F)F)cc2)N1Cc1cccc(F)c1F. The van der Waals surface area contributed by atoms with Crippen molar-refractivity contribution >= 4 is 17.7 Å². The summed E-state index contributed by atoms with van der Waals surface area (Å²) in [6.45, 7) is -0.152. The molecule has 0 saturated carbocycles. The predicted octanol–water partition coefficient (Wildman–Crippen LogP) is 4.76. The van der Waals surface area contributed by atoms with Crippen molar-refractivity contribution in [1.82, 2.24) is 4.90 Å². The molecule has 3 rings (SSSR count). The van der Waals surface area contributed by atoms with E-state index in [0.29, 0.717) is 5.56 Å². The Labute approximate surface area is 144 Å². The summed E-state index contributed by atoms with van der Waals surface area (Å²) < 4.78 is 65.2. The number of alkyl halides is 3. The molecule has 1 unspecified atom stereocenters. The minimum Gasteiger partial charge on any atom is -0.321 e. The molecule has 1 saturated heterocycles. The van der Waals surface area contributed by atoms with Gasteiger partial charge in [0.1, 0.15) is 5.37 Å². The maximum atomic E-state index is 13.9. The average molecular weight is 373 g/mol. The first-order valence-electron chi connectivity index (χ1n) is 7.28. The Bertz CT molecular complexity index is 791. The van der Waals surface area contributed by atoms with Crippen LogP contribution in [0.1, 0.15) is 22.1 Å². The van der Waals surface area contributed by atoms with Crippen LogP contribution in [-0.2, 0) is 17.5 Å². The summed E-state index contributed by atoms with van der Waals surface area (Å²) in [6, 6.07) is 8.18. The molecular formula is C17H12F5NOS. The van der Waals surface area contributed by atoms with Crippen molar-refractivity contribution in [2.75, 3.05) is 5.75 Å². The van der Waals surface area contributed by atoms with Gasteiger partial charge in [0.15, 0.2) is 11.6 Å². The van der Waals surface area contributed by atoms with Crippen LogP contribution in [0.3, 0.4) is 0 Å². The number of rotatable bonds is 3. The number of amides is 1. The molecule has 1 aliphatic rings. The van der Waals surface area contributed by atoms with Crippen molar-refractivity contribution in [3.8, 4) is 0 Å². The van der Waals surface area contributed by atoms with E-state index in [4.69, 9.17) is 0 Å². The van der Waals surface area contributed by atoms with Gasteiger partial charge in [-0.15, -0.1) is 11.8 Å². The third kappa shape index (κ3) is 3.63. The van der Waals surface area contributed by atoms with Gasteiger partial charge < -0.3 is 4.90 Å². The largest absolute Gasteiger partial charge is 0.416 e. The van der Waals surface area contributed by atoms with E-state index in [1.807, 2.05) is 0 Å². The van der Waals surface area contributed by atoms with Gasteiger partial charge in [-0.3, -0.25) is 4.79 Å². The Kier molecular flexibility index (Phi) is 4.73. The summed E-state index contributed by atoms with van der Waals surface area (Å²) in [4.78, 5) is 13.4. The molecule has 0 radical (unpaired) electrons. The molecule has 2 nitrogen and oxygen atoms in total. The first kappa shape index (κ1) is 17.7. The molecule has 132 valence electrons. The molecule has 1 amide bonds. The lowest BCUT2D eigenvalue weighted by atomic mass is 10.1. The summed E-state index contributed by atoms with van der Waals surface area (Å²) in [5, 5.41) is -0.544. The van der Waals surface area contributed by atoms with Crippen LogP contribution < -0.4 is 0 Å². The van der Waals surface area contributed by atoms with Crippen molar-refractivity contribution in [2.45, 2.75) is 18.1 Å². The number of hydrogen-bond donors (Lipinski definition) is 0. The number of hydrogen-bond acceptors (Lipinski definition) is 2. The first-order chi connectivity index (χ1) is 11.8. The van der Waals surface area contributed by atoms with Crippen molar-refractivity contribution in [1.29, 1.82) is 0 Å². The Morgan fingerprint density at radius 3 is 2.40 bits per heavy atom. The zero-order valence-corrected chi connectivity index (χ0v) is 13.5. The van der Waals surface area contributed by atoms with Crippen LogP contribution in [-0.4, -0.2) is 16.6 Å². The fraction of sp³-hybridized carbons (Fsp3) is 0.235. The highest BCUT2D eigenvalue weighted by Gasteiger charge is 2.35. The Balaban J connectivity index is 1.86. The van der Waals surface area contributed by atoms with Gasteiger partial charge in [-0.25, -0.2) is 8.78 Å². The third-order valence-electron chi connectivity index (χ3n) is 3.86. The lowest BCUT2D eigenvalue weighted by Crippen LogP contribution is -2.28. The lowest BCUT2D eigenvalue weighted by molar-refractivity contribution is -0.137. The Morgan fingerprint density at radius 1 is 1.08 bits per heavy atom. The van der Waals surface area contributed by atoms with E-state index in [2.05, 4.69) is 0 Å². The van der Waals surface area contributed by atoms with Crippen LogP contribution >= 0.6 is 11.8 Å². The summed E-state index contributed by atoms with van der Waals surface area (Å²) in [7, 11) is 0. The smallest absolute Gasteiger partial charge is 0.321 e. The van der Waals surface area contributed by atoms with Crippen molar-refractivity contribution < 1.29 is 26.7 Å². The van der Waals surface area contributed by atoms with E-state index in [9.17, 15) is 26.7 Å². The molecule has 1 atom stereocenters. The topological polar surface area (TPSA) is 20.3 Å². The number of nitrogens with zero attached hydrogens (tertiary/aromatic N) is 1. The van der Waals surface area contributed by atoms with E-state index in [1.165, 1.54) is 40.9 Å². The minimum atomic E-state index is -4.44. The summed E-state index contributed by atoms with van der Waals surface area (Å²) in [6.07, 6.45) is -4.44. The number of carbonyl (C=O) groups is 1. The monoisotopic (exact) mass is 373 g/mol. The number of benzene rings is 2. The van der Waals surface area contributed by atoms with Crippen LogP contribution in [0, 0.1) is 11.6 Å². The second-order valence-electron chi connectivity index (χ2n) is 5.52. The van der Waals surface area contributed by atoms with Crippen LogP contribution in [0.15, 0.2) is 42.5 Å². The van der Waals surface area contributed by atoms with E-state index in [-0.39, 0.29) is 23.8 Å². The fourth-order valence-electron chi connectivity index (χ4n) is 2.59. The lowest BCUT2D eigenvalue weighted by Gasteiger charge is -2.25. The molecule has 2 aromatic rings. The zero-order valence-electron chi connectivity index (χ0n) is 12.7. The quantitative estimate of drug-likeness (QED) is 0.723. The van der Waals surface area contributed by atoms with Crippen LogP contribution in [0.4, 0.5) is 22.0 Å². The maximum absolute atomic E-state index is 13.9. The van der Waals surface area contributed by atoms with Crippen molar-refractivity contribution in [3.63, 3.8) is 0 Å². The highest BCUT2D eigenvalue weighted by atomic mass is 32.2.